The summed E-state index contributed by atoms with van der Waals surface area (Å²) in [6.45, 7) is 7.68. The second-order valence-corrected chi connectivity index (χ2v) is 18.3. The van der Waals surface area contributed by atoms with Gasteiger partial charge in [0.15, 0.2) is 0 Å². The SMILES string of the molecule is Cc1c(O[C@@H]2OC(C)[C@@H](OCc3ccccc3)C(OCc3ccccc3)C2OCc2ccccc2)ccc([C@H]2OC(C)[C@@H](OCc3ccccc3)C(OCc3ccccc3)C2OCc2ccccc2)c1O. The highest BCUT2D eigenvalue weighted by Crippen LogP contribution is 2.44. The van der Waals surface area contributed by atoms with Crippen LogP contribution >= 0.6 is 0 Å². The molecule has 368 valence electrons. The van der Waals surface area contributed by atoms with Crippen LogP contribution in [0.4, 0.5) is 0 Å². The number of phenolic OH excluding ortho intramolecular Hbond substituents is 1. The van der Waals surface area contributed by atoms with Gasteiger partial charge in [-0.25, -0.2) is 0 Å². The van der Waals surface area contributed by atoms with E-state index < -0.39 is 61.2 Å². The van der Waals surface area contributed by atoms with Gasteiger partial charge in [0.25, 0.3) is 0 Å². The Kier molecular flexibility index (Phi) is 17.4. The average Bonchev–Trinajstić information content (AvgIpc) is 3.41. The molecule has 0 spiro atoms. The lowest BCUT2D eigenvalue weighted by molar-refractivity contribution is -0.300. The monoisotopic (exact) mass is 956 g/mol. The minimum atomic E-state index is -0.957. The average molecular weight is 957 g/mol. The summed E-state index contributed by atoms with van der Waals surface area (Å²) in [6.07, 6.45) is -6.37. The van der Waals surface area contributed by atoms with Gasteiger partial charge in [-0.2, -0.15) is 0 Å². The van der Waals surface area contributed by atoms with Crippen molar-refractivity contribution in [2.24, 2.45) is 0 Å². The minimum absolute atomic E-state index is 0.00466. The van der Waals surface area contributed by atoms with Gasteiger partial charge >= 0.3 is 0 Å². The molecule has 0 bridgehead atoms. The highest BCUT2D eigenvalue weighted by Gasteiger charge is 2.50. The summed E-state index contributed by atoms with van der Waals surface area (Å²) in [5, 5.41) is 12.4. The van der Waals surface area contributed by atoms with E-state index in [1.807, 2.05) is 215 Å². The van der Waals surface area contributed by atoms with Gasteiger partial charge in [0.05, 0.1) is 51.8 Å². The van der Waals surface area contributed by atoms with E-state index in [0.29, 0.717) is 43.3 Å². The fourth-order valence-electron chi connectivity index (χ4n) is 9.31. The van der Waals surface area contributed by atoms with E-state index in [1.165, 1.54) is 0 Å². The van der Waals surface area contributed by atoms with Crippen LogP contribution in [0.3, 0.4) is 0 Å². The summed E-state index contributed by atoms with van der Waals surface area (Å²) in [5.74, 6) is 0.416. The summed E-state index contributed by atoms with van der Waals surface area (Å²) in [4.78, 5) is 0. The lowest BCUT2D eigenvalue weighted by Crippen LogP contribution is -2.60. The first-order valence-corrected chi connectivity index (χ1v) is 24.6. The lowest BCUT2D eigenvalue weighted by Gasteiger charge is -2.46. The molecule has 0 amide bonds. The molecule has 0 aliphatic carbocycles. The molecule has 7 aromatic carbocycles. The predicted octanol–water partition coefficient (Wildman–Crippen LogP) is 11.8. The third kappa shape index (κ3) is 13.0. The molecule has 71 heavy (non-hydrogen) atoms. The highest BCUT2D eigenvalue weighted by molar-refractivity contribution is 5.50. The van der Waals surface area contributed by atoms with E-state index in [-0.39, 0.29) is 19.0 Å². The van der Waals surface area contributed by atoms with Crippen molar-refractivity contribution < 1.29 is 47.7 Å². The number of phenols is 1. The van der Waals surface area contributed by atoms with Crippen LogP contribution in [0.25, 0.3) is 0 Å². The van der Waals surface area contributed by atoms with Crippen molar-refractivity contribution in [1.82, 2.24) is 0 Å². The lowest BCUT2D eigenvalue weighted by atomic mass is 9.89. The number of aromatic hydroxyl groups is 1. The first-order chi connectivity index (χ1) is 34.9. The van der Waals surface area contributed by atoms with Crippen molar-refractivity contribution in [3.05, 3.63) is 239 Å². The second-order valence-electron chi connectivity index (χ2n) is 18.3. The van der Waals surface area contributed by atoms with Crippen LogP contribution in [-0.2, 0) is 77.5 Å². The van der Waals surface area contributed by atoms with Gasteiger partial charge in [-0.3, -0.25) is 0 Å². The molecule has 10 heteroatoms. The van der Waals surface area contributed by atoms with Crippen LogP contribution in [0.15, 0.2) is 194 Å². The zero-order chi connectivity index (χ0) is 48.8. The van der Waals surface area contributed by atoms with Crippen LogP contribution in [-0.4, -0.2) is 60.2 Å². The van der Waals surface area contributed by atoms with Crippen molar-refractivity contribution in [2.45, 2.75) is 122 Å². The molecule has 2 saturated heterocycles. The third-order valence-electron chi connectivity index (χ3n) is 13.2. The largest absolute Gasteiger partial charge is 0.507 e. The van der Waals surface area contributed by atoms with E-state index in [9.17, 15) is 5.11 Å². The van der Waals surface area contributed by atoms with Gasteiger partial charge in [0.2, 0.25) is 6.29 Å². The zero-order valence-electron chi connectivity index (χ0n) is 40.6. The summed E-state index contributed by atoms with van der Waals surface area (Å²) >= 11 is 0. The van der Waals surface area contributed by atoms with E-state index >= 15 is 0 Å². The van der Waals surface area contributed by atoms with Gasteiger partial charge in [-0.05, 0) is 66.3 Å². The van der Waals surface area contributed by atoms with Crippen molar-refractivity contribution in [3.63, 3.8) is 0 Å². The molecule has 6 unspecified atom stereocenters. The Hall–Kier alpha value is -6.18. The summed E-state index contributed by atoms with van der Waals surface area (Å²) in [6, 6.07) is 63.9. The van der Waals surface area contributed by atoms with Gasteiger partial charge < -0.3 is 47.7 Å². The molecular formula is C61H64O10. The Morgan fingerprint density at radius 3 is 1.06 bits per heavy atom. The van der Waals surface area contributed by atoms with Crippen molar-refractivity contribution in [3.8, 4) is 11.5 Å². The first kappa shape index (κ1) is 49.8. The number of rotatable bonds is 21. The molecule has 2 aliphatic rings. The van der Waals surface area contributed by atoms with E-state index in [1.54, 1.807) is 0 Å². The molecule has 10 nitrogen and oxygen atoms in total. The van der Waals surface area contributed by atoms with Crippen molar-refractivity contribution in [1.29, 1.82) is 0 Å². The predicted molar refractivity (Wildman–Crippen MR) is 271 cm³/mol. The number of hydrogen-bond acceptors (Lipinski definition) is 10. The molecule has 7 aromatic rings. The van der Waals surface area contributed by atoms with Gasteiger partial charge in [-0.1, -0.05) is 182 Å². The molecule has 2 aliphatic heterocycles. The molecule has 0 aromatic heterocycles. The van der Waals surface area contributed by atoms with Crippen LogP contribution in [0, 0.1) is 6.92 Å². The molecule has 0 radical (unpaired) electrons. The normalized spacial score (nSPS) is 24.3. The Labute approximate surface area is 418 Å². The van der Waals surface area contributed by atoms with Crippen LogP contribution in [0.5, 0.6) is 11.5 Å². The summed E-state index contributed by atoms with van der Waals surface area (Å²) in [5.41, 5.74) is 7.08. The molecule has 9 rings (SSSR count). The van der Waals surface area contributed by atoms with Crippen LogP contribution in [0.2, 0.25) is 0 Å². The third-order valence-corrected chi connectivity index (χ3v) is 13.2. The number of hydrogen-bond donors (Lipinski definition) is 1. The minimum Gasteiger partial charge on any atom is -0.507 e. The number of benzene rings is 7. The maximum Gasteiger partial charge on any atom is 0.229 e. The highest BCUT2D eigenvalue weighted by atomic mass is 16.7. The standard InChI is InChI=1S/C61H64O10/c1-42-52(71-61-60(68-41-50-32-20-9-21-33-50)58(66-39-48-28-16-7-17-29-48)55(44(3)70-61)64-37-46-24-12-5-13-25-46)35-34-51(53(42)62)56-59(67-40-49-30-18-8-19-31-49)57(65-38-47-26-14-6-15-27-47)54(43(2)69-56)63-36-45-22-10-4-11-23-45/h4-35,43-44,54-62H,36-41H2,1-3H3/t43?,44?,54-,55-,56-,57?,58?,59?,60?,61+/m1/s1. The molecule has 10 atom stereocenters. The Morgan fingerprint density at radius 1 is 0.366 bits per heavy atom. The zero-order valence-corrected chi connectivity index (χ0v) is 40.6. The molecule has 0 saturated carbocycles. The maximum atomic E-state index is 12.4. The fraction of sp³-hybridized carbons (Fsp3) is 0.311. The first-order valence-electron chi connectivity index (χ1n) is 24.6. The summed E-state index contributed by atoms with van der Waals surface area (Å²) < 4.78 is 61.4. The van der Waals surface area contributed by atoms with E-state index in [2.05, 4.69) is 0 Å². The Bertz CT molecular complexity index is 2640. The van der Waals surface area contributed by atoms with Gasteiger partial charge in [0, 0.05) is 11.1 Å². The van der Waals surface area contributed by atoms with Crippen molar-refractivity contribution in [2.75, 3.05) is 0 Å². The van der Waals surface area contributed by atoms with Gasteiger partial charge in [-0.15, -0.1) is 0 Å². The quantitative estimate of drug-likeness (QED) is 0.0749. The summed E-state index contributed by atoms with van der Waals surface area (Å²) in [7, 11) is 0. The Balaban J connectivity index is 1.03. The topological polar surface area (TPSA) is 103 Å². The van der Waals surface area contributed by atoms with E-state index in [4.69, 9.17) is 42.6 Å². The maximum absolute atomic E-state index is 12.4. The van der Waals surface area contributed by atoms with Crippen molar-refractivity contribution >= 4 is 0 Å². The van der Waals surface area contributed by atoms with Crippen LogP contribution < -0.4 is 4.74 Å². The smallest absolute Gasteiger partial charge is 0.229 e. The molecule has 1 N–H and O–H groups in total. The molecule has 2 heterocycles. The molecular weight excluding hydrogens is 893 g/mol. The fourth-order valence-corrected chi connectivity index (χ4v) is 9.31. The number of ether oxygens (including phenoxy) is 9. The Morgan fingerprint density at radius 2 is 0.676 bits per heavy atom. The molecule has 2 fully saturated rings. The van der Waals surface area contributed by atoms with E-state index in [0.717, 1.165) is 33.4 Å². The van der Waals surface area contributed by atoms with Gasteiger partial charge in [0.1, 0.15) is 54.2 Å². The second kappa shape index (κ2) is 24.8. The van der Waals surface area contributed by atoms with Crippen LogP contribution in [0.1, 0.15) is 64.5 Å².